The SMILES string of the molecule is CNC1CCCC(N(C)CC(F)F)C1. The number of hydrogen-bond donors (Lipinski definition) is 1. The van der Waals surface area contributed by atoms with E-state index in [0.717, 1.165) is 19.3 Å². The highest BCUT2D eigenvalue weighted by Crippen LogP contribution is 2.22. The van der Waals surface area contributed by atoms with E-state index < -0.39 is 6.43 Å². The molecule has 1 fully saturated rings. The van der Waals surface area contributed by atoms with Crippen LogP contribution in [0.4, 0.5) is 8.78 Å². The predicted octanol–water partition coefficient (Wildman–Crippen LogP) is 1.71. The van der Waals surface area contributed by atoms with Crippen LogP contribution in [0.15, 0.2) is 0 Å². The Morgan fingerprint density at radius 2 is 2.14 bits per heavy atom. The van der Waals surface area contributed by atoms with E-state index in [1.54, 1.807) is 11.9 Å². The van der Waals surface area contributed by atoms with Crippen LogP contribution < -0.4 is 5.32 Å². The Balaban J connectivity index is 2.35. The topological polar surface area (TPSA) is 15.3 Å². The van der Waals surface area contributed by atoms with E-state index in [2.05, 4.69) is 5.32 Å². The third-order valence-electron chi connectivity index (χ3n) is 3.10. The number of halogens is 2. The van der Waals surface area contributed by atoms with Crippen LogP contribution in [0.25, 0.3) is 0 Å². The molecule has 4 heteroatoms. The number of hydrogen-bond acceptors (Lipinski definition) is 2. The van der Waals surface area contributed by atoms with Crippen molar-refractivity contribution in [3.05, 3.63) is 0 Å². The summed E-state index contributed by atoms with van der Waals surface area (Å²) in [5.74, 6) is 0. The van der Waals surface area contributed by atoms with Crippen molar-refractivity contribution in [2.24, 2.45) is 0 Å². The summed E-state index contributed by atoms with van der Waals surface area (Å²) in [4.78, 5) is 1.80. The molecular weight excluding hydrogens is 186 g/mol. The molecule has 2 unspecified atom stereocenters. The quantitative estimate of drug-likeness (QED) is 0.753. The molecule has 0 aromatic carbocycles. The van der Waals surface area contributed by atoms with Crippen molar-refractivity contribution in [1.29, 1.82) is 0 Å². The van der Waals surface area contributed by atoms with E-state index in [4.69, 9.17) is 0 Å². The maximum Gasteiger partial charge on any atom is 0.251 e. The molecule has 84 valence electrons. The van der Waals surface area contributed by atoms with E-state index in [1.165, 1.54) is 6.42 Å². The molecule has 0 aromatic rings. The molecule has 1 aliphatic carbocycles. The lowest BCUT2D eigenvalue weighted by molar-refractivity contribution is 0.0666. The van der Waals surface area contributed by atoms with Crippen LogP contribution in [-0.2, 0) is 0 Å². The van der Waals surface area contributed by atoms with Crippen molar-refractivity contribution in [2.45, 2.75) is 44.2 Å². The van der Waals surface area contributed by atoms with E-state index >= 15 is 0 Å². The van der Waals surface area contributed by atoms with Crippen molar-refractivity contribution >= 4 is 0 Å². The number of rotatable bonds is 4. The van der Waals surface area contributed by atoms with Gasteiger partial charge in [0, 0.05) is 12.1 Å². The Labute approximate surface area is 84.7 Å². The summed E-state index contributed by atoms with van der Waals surface area (Å²) in [5.41, 5.74) is 0. The highest BCUT2D eigenvalue weighted by Gasteiger charge is 2.25. The van der Waals surface area contributed by atoms with Gasteiger partial charge in [0.1, 0.15) is 0 Å². The third kappa shape index (κ3) is 3.50. The molecule has 0 spiro atoms. The van der Waals surface area contributed by atoms with Crippen LogP contribution in [-0.4, -0.2) is 44.0 Å². The predicted molar refractivity (Wildman–Crippen MR) is 53.7 cm³/mol. The Bertz CT molecular complexity index is 164. The van der Waals surface area contributed by atoms with Crippen LogP contribution >= 0.6 is 0 Å². The lowest BCUT2D eigenvalue weighted by Crippen LogP contribution is -2.43. The lowest BCUT2D eigenvalue weighted by atomic mass is 9.90. The van der Waals surface area contributed by atoms with Gasteiger partial charge in [-0.2, -0.15) is 0 Å². The Kier molecular flexibility index (Phi) is 4.75. The average Bonchev–Trinajstić information content (AvgIpc) is 2.17. The highest BCUT2D eigenvalue weighted by molar-refractivity contribution is 4.82. The molecule has 0 aromatic heterocycles. The monoisotopic (exact) mass is 206 g/mol. The Morgan fingerprint density at radius 3 is 2.71 bits per heavy atom. The molecule has 0 bridgehead atoms. The zero-order valence-electron chi connectivity index (χ0n) is 8.97. The van der Waals surface area contributed by atoms with Gasteiger partial charge in [0.25, 0.3) is 6.43 Å². The van der Waals surface area contributed by atoms with E-state index in [-0.39, 0.29) is 6.54 Å². The zero-order chi connectivity index (χ0) is 10.6. The van der Waals surface area contributed by atoms with Gasteiger partial charge in [-0.05, 0) is 33.4 Å². The molecule has 0 aliphatic heterocycles. The van der Waals surface area contributed by atoms with Gasteiger partial charge in [0.2, 0.25) is 0 Å². The lowest BCUT2D eigenvalue weighted by Gasteiger charge is -2.35. The normalized spacial score (nSPS) is 28.7. The molecule has 14 heavy (non-hydrogen) atoms. The first kappa shape index (κ1) is 11.9. The van der Waals surface area contributed by atoms with Crippen LogP contribution in [0.1, 0.15) is 25.7 Å². The molecule has 1 aliphatic rings. The first-order chi connectivity index (χ1) is 6.63. The molecule has 0 amide bonds. The van der Waals surface area contributed by atoms with Crippen LogP contribution in [0, 0.1) is 0 Å². The van der Waals surface area contributed by atoms with Crippen molar-refractivity contribution < 1.29 is 8.78 Å². The zero-order valence-corrected chi connectivity index (χ0v) is 8.97. The Hall–Kier alpha value is -0.220. The summed E-state index contributed by atoms with van der Waals surface area (Å²) in [6.45, 7) is -0.0961. The second-order valence-corrected chi connectivity index (χ2v) is 4.14. The molecular formula is C10H20F2N2. The molecule has 1 rings (SSSR count). The molecule has 0 saturated heterocycles. The Morgan fingerprint density at radius 1 is 1.43 bits per heavy atom. The minimum atomic E-state index is -2.21. The first-order valence-corrected chi connectivity index (χ1v) is 5.29. The van der Waals surface area contributed by atoms with Gasteiger partial charge < -0.3 is 5.32 Å². The fourth-order valence-corrected chi connectivity index (χ4v) is 2.19. The van der Waals surface area contributed by atoms with Gasteiger partial charge >= 0.3 is 0 Å². The van der Waals surface area contributed by atoms with Gasteiger partial charge in [-0.25, -0.2) is 8.78 Å². The second-order valence-electron chi connectivity index (χ2n) is 4.14. The van der Waals surface area contributed by atoms with E-state index in [1.807, 2.05) is 7.05 Å². The van der Waals surface area contributed by atoms with Crippen molar-refractivity contribution in [3.63, 3.8) is 0 Å². The van der Waals surface area contributed by atoms with Crippen molar-refractivity contribution in [1.82, 2.24) is 10.2 Å². The van der Waals surface area contributed by atoms with Gasteiger partial charge in [0.05, 0.1) is 6.54 Å². The van der Waals surface area contributed by atoms with Gasteiger partial charge in [-0.15, -0.1) is 0 Å². The summed E-state index contributed by atoms with van der Waals surface area (Å²) < 4.78 is 24.3. The molecule has 2 nitrogen and oxygen atoms in total. The largest absolute Gasteiger partial charge is 0.317 e. The van der Waals surface area contributed by atoms with Crippen molar-refractivity contribution in [3.8, 4) is 0 Å². The maximum atomic E-state index is 12.2. The second kappa shape index (κ2) is 5.61. The molecule has 0 heterocycles. The maximum absolute atomic E-state index is 12.2. The molecule has 1 N–H and O–H groups in total. The minimum Gasteiger partial charge on any atom is -0.317 e. The summed E-state index contributed by atoms with van der Waals surface area (Å²) >= 11 is 0. The number of alkyl halides is 2. The molecule has 1 saturated carbocycles. The molecule has 2 atom stereocenters. The van der Waals surface area contributed by atoms with Gasteiger partial charge in [-0.1, -0.05) is 6.42 Å². The summed E-state index contributed by atoms with van der Waals surface area (Å²) in [7, 11) is 3.75. The van der Waals surface area contributed by atoms with E-state index in [0.29, 0.717) is 12.1 Å². The average molecular weight is 206 g/mol. The van der Waals surface area contributed by atoms with Crippen LogP contribution in [0.3, 0.4) is 0 Å². The van der Waals surface area contributed by atoms with Crippen molar-refractivity contribution in [2.75, 3.05) is 20.6 Å². The summed E-state index contributed by atoms with van der Waals surface area (Å²) in [6, 6.07) is 0.837. The summed E-state index contributed by atoms with van der Waals surface area (Å²) in [5, 5.41) is 3.23. The summed E-state index contributed by atoms with van der Waals surface area (Å²) in [6.07, 6.45) is 2.16. The smallest absolute Gasteiger partial charge is 0.251 e. The first-order valence-electron chi connectivity index (χ1n) is 5.29. The third-order valence-corrected chi connectivity index (χ3v) is 3.10. The van der Waals surface area contributed by atoms with Crippen LogP contribution in [0.5, 0.6) is 0 Å². The minimum absolute atomic E-state index is 0.0961. The van der Waals surface area contributed by atoms with E-state index in [9.17, 15) is 8.78 Å². The fourth-order valence-electron chi connectivity index (χ4n) is 2.19. The highest BCUT2D eigenvalue weighted by atomic mass is 19.3. The standard InChI is InChI=1S/C10H20F2N2/c1-13-8-4-3-5-9(6-8)14(2)7-10(11)12/h8-10,13H,3-7H2,1-2H3. The molecule has 0 radical (unpaired) electrons. The number of nitrogens with one attached hydrogen (secondary N) is 1. The van der Waals surface area contributed by atoms with Crippen LogP contribution in [0.2, 0.25) is 0 Å². The van der Waals surface area contributed by atoms with Gasteiger partial charge in [0.15, 0.2) is 0 Å². The number of nitrogens with zero attached hydrogens (tertiary/aromatic N) is 1. The fraction of sp³-hybridized carbons (Fsp3) is 1.00. The van der Waals surface area contributed by atoms with Gasteiger partial charge in [-0.3, -0.25) is 4.90 Å².